The van der Waals surface area contributed by atoms with Gasteiger partial charge in [0.15, 0.2) is 0 Å². The van der Waals surface area contributed by atoms with Crippen molar-refractivity contribution >= 4 is 15.1 Å². The number of para-hydroxylation sites is 1. The molecule has 0 saturated carbocycles. The number of benzene rings is 1. The second-order valence-electron chi connectivity index (χ2n) is 7.85. The molecule has 11 heteroatoms. The van der Waals surface area contributed by atoms with Crippen molar-refractivity contribution in [1.82, 2.24) is 24.9 Å². The molecule has 1 N–H and O–H groups in total. The van der Waals surface area contributed by atoms with Crippen molar-refractivity contribution in [1.29, 1.82) is 0 Å². The number of pyridine rings is 1. The first-order valence-corrected chi connectivity index (χ1v) is 11.1. The summed E-state index contributed by atoms with van der Waals surface area (Å²) in [5, 5.41) is 18.4. The summed E-state index contributed by atoms with van der Waals surface area (Å²) in [6, 6.07) is 8.21. The molecule has 174 valence electrons. The number of carbonyl (C=O) groups excluding carboxylic acids is 1. The highest BCUT2D eigenvalue weighted by atomic mass is 31.0. The summed E-state index contributed by atoms with van der Waals surface area (Å²) in [5.41, 5.74) is -2.66. The molecule has 3 unspecified atom stereocenters. The Hall–Kier alpha value is -2.97. The van der Waals surface area contributed by atoms with Gasteiger partial charge in [-0.1, -0.05) is 21.4 Å². The molecule has 1 aliphatic rings. The van der Waals surface area contributed by atoms with Gasteiger partial charge in [0, 0.05) is 18.3 Å². The molecule has 0 aliphatic carbocycles. The number of alkyl halides is 2. The lowest BCUT2D eigenvalue weighted by Gasteiger charge is -2.33. The number of rotatable bonds is 6. The summed E-state index contributed by atoms with van der Waals surface area (Å²) >= 11 is 0. The van der Waals surface area contributed by atoms with Crippen molar-refractivity contribution in [3.05, 3.63) is 65.6 Å². The molecule has 1 aliphatic heterocycles. The molecule has 3 heterocycles. The van der Waals surface area contributed by atoms with E-state index in [1.165, 1.54) is 45.6 Å². The van der Waals surface area contributed by atoms with Gasteiger partial charge in [-0.2, -0.15) is 23.8 Å². The number of likely N-dealkylation sites (tertiary alicyclic amines) is 1. The largest absolute Gasteiger partial charge is 0.472 e. The van der Waals surface area contributed by atoms with Crippen LogP contribution in [0.2, 0.25) is 0 Å². The second kappa shape index (κ2) is 9.49. The SMILES string of the molecule is CC(O)c1c(C(F)(F)P)ccnc1OC1CCCN(C(=O)c2ccccc2-n2nccn2)C1. The van der Waals surface area contributed by atoms with E-state index < -0.39 is 17.9 Å². The normalized spacial score (nSPS) is 17.6. The summed E-state index contributed by atoms with van der Waals surface area (Å²) in [5.74, 6) is -0.254. The number of amides is 1. The number of ether oxygens (including phenoxy) is 1. The van der Waals surface area contributed by atoms with Crippen LogP contribution in [0.15, 0.2) is 48.9 Å². The van der Waals surface area contributed by atoms with Crippen LogP contribution in [0.1, 0.15) is 47.4 Å². The minimum atomic E-state index is -3.24. The molecule has 2 aromatic heterocycles. The molecule has 0 bridgehead atoms. The van der Waals surface area contributed by atoms with Gasteiger partial charge < -0.3 is 14.7 Å². The van der Waals surface area contributed by atoms with Crippen LogP contribution < -0.4 is 4.74 Å². The van der Waals surface area contributed by atoms with Crippen LogP contribution >= 0.6 is 9.24 Å². The van der Waals surface area contributed by atoms with Gasteiger partial charge in [-0.15, -0.1) is 0 Å². The minimum absolute atomic E-state index is 0.0509. The number of aliphatic hydroxyl groups excluding tert-OH is 1. The highest BCUT2D eigenvalue weighted by molar-refractivity contribution is 7.17. The number of hydrogen-bond donors (Lipinski definition) is 1. The molecule has 3 atom stereocenters. The highest BCUT2D eigenvalue weighted by Crippen LogP contribution is 2.41. The Bertz CT molecular complexity index is 1120. The number of carbonyl (C=O) groups is 1. The predicted molar refractivity (Wildman–Crippen MR) is 119 cm³/mol. The molecule has 0 spiro atoms. The first-order chi connectivity index (χ1) is 15.8. The molecule has 3 aromatic rings. The van der Waals surface area contributed by atoms with Crippen LogP contribution in [0.3, 0.4) is 0 Å². The van der Waals surface area contributed by atoms with E-state index in [2.05, 4.69) is 15.2 Å². The van der Waals surface area contributed by atoms with E-state index >= 15 is 0 Å². The second-order valence-corrected chi connectivity index (χ2v) is 8.57. The van der Waals surface area contributed by atoms with Crippen LogP contribution in [0.4, 0.5) is 8.78 Å². The number of nitrogens with zero attached hydrogens (tertiary/aromatic N) is 5. The number of piperidine rings is 1. The maximum absolute atomic E-state index is 14.0. The lowest BCUT2D eigenvalue weighted by atomic mass is 10.0. The standard InChI is InChI=1S/C22H24F2N5O3P/c1-14(30)19-17(22(23,24)33)8-9-25-20(19)32-15-5-4-12-28(13-15)21(31)16-6-2-3-7-18(16)29-26-10-11-27-29/h2-3,6-11,14-15,30H,4-5,12-13,33H2,1H3. The third-order valence-corrected chi connectivity index (χ3v) is 5.75. The van der Waals surface area contributed by atoms with Crippen LogP contribution in [0.5, 0.6) is 5.88 Å². The molecular formula is C22H24F2N5O3P. The number of hydrogen-bond acceptors (Lipinski definition) is 6. The lowest BCUT2D eigenvalue weighted by Crippen LogP contribution is -2.44. The fraction of sp³-hybridized carbons (Fsp3) is 0.364. The van der Waals surface area contributed by atoms with Gasteiger partial charge in [-0.25, -0.2) is 4.98 Å². The predicted octanol–water partition coefficient (Wildman–Crippen LogP) is 3.32. The molecule has 4 rings (SSSR count). The van der Waals surface area contributed by atoms with Crippen molar-refractivity contribution in [2.24, 2.45) is 0 Å². The van der Waals surface area contributed by atoms with Crippen molar-refractivity contribution in [3.63, 3.8) is 0 Å². The number of aromatic nitrogens is 4. The van der Waals surface area contributed by atoms with Crippen molar-refractivity contribution in [3.8, 4) is 11.6 Å². The zero-order chi connectivity index (χ0) is 23.6. The van der Waals surface area contributed by atoms with E-state index in [1.807, 2.05) is 0 Å². The number of halogens is 2. The van der Waals surface area contributed by atoms with E-state index in [4.69, 9.17) is 4.74 Å². The Morgan fingerprint density at radius 2 is 1.97 bits per heavy atom. The van der Waals surface area contributed by atoms with Gasteiger partial charge in [0.1, 0.15) is 6.10 Å². The summed E-state index contributed by atoms with van der Waals surface area (Å²) in [4.78, 5) is 20.5. The minimum Gasteiger partial charge on any atom is -0.472 e. The molecule has 0 radical (unpaired) electrons. The van der Waals surface area contributed by atoms with Gasteiger partial charge in [0.05, 0.1) is 41.9 Å². The lowest BCUT2D eigenvalue weighted by molar-refractivity contribution is 0.0510. The molecule has 33 heavy (non-hydrogen) atoms. The van der Waals surface area contributed by atoms with E-state index in [9.17, 15) is 18.7 Å². The third kappa shape index (κ3) is 5.02. The van der Waals surface area contributed by atoms with E-state index in [0.29, 0.717) is 30.6 Å². The molecule has 8 nitrogen and oxygen atoms in total. The van der Waals surface area contributed by atoms with Crippen molar-refractivity contribution in [2.75, 3.05) is 13.1 Å². The highest BCUT2D eigenvalue weighted by Gasteiger charge is 2.34. The average Bonchev–Trinajstić information content (AvgIpc) is 3.33. The molecule has 1 aromatic carbocycles. The molecule has 1 fully saturated rings. The Morgan fingerprint density at radius 1 is 1.24 bits per heavy atom. The average molecular weight is 475 g/mol. The first kappa shape index (κ1) is 23.2. The van der Waals surface area contributed by atoms with Gasteiger partial charge in [-0.05, 0) is 38.0 Å². The Labute approximate surface area is 191 Å². The maximum Gasteiger partial charge on any atom is 0.284 e. The molecule has 1 saturated heterocycles. The van der Waals surface area contributed by atoms with E-state index in [-0.39, 0.29) is 29.5 Å². The zero-order valence-electron chi connectivity index (χ0n) is 17.9. The fourth-order valence-electron chi connectivity index (χ4n) is 3.96. The smallest absolute Gasteiger partial charge is 0.284 e. The molecular weight excluding hydrogens is 451 g/mol. The van der Waals surface area contributed by atoms with Crippen molar-refractivity contribution in [2.45, 2.75) is 37.6 Å². The van der Waals surface area contributed by atoms with Crippen LogP contribution in [-0.2, 0) is 5.66 Å². The van der Waals surface area contributed by atoms with Gasteiger partial charge in [-0.3, -0.25) is 4.79 Å². The summed E-state index contributed by atoms with van der Waals surface area (Å²) in [7, 11) is 1.47. The van der Waals surface area contributed by atoms with Gasteiger partial charge in [0.25, 0.3) is 11.6 Å². The Morgan fingerprint density at radius 3 is 2.67 bits per heavy atom. The van der Waals surface area contributed by atoms with Crippen LogP contribution in [-0.4, -0.2) is 55.1 Å². The Balaban J connectivity index is 1.56. The van der Waals surface area contributed by atoms with Crippen LogP contribution in [0.25, 0.3) is 5.69 Å². The third-order valence-electron chi connectivity index (χ3n) is 5.44. The summed E-state index contributed by atoms with van der Waals surface area (Å²) in [6.45, 7) is 2.17. The van der Waals surface area contributed by atoms with Crippen molar-refractivity contribution < 1.29 is 23.4 Å². The molecule has 1 amide bonds. The Kier molecular flexibility index (Phi) is 6.67. The first-order valence-electron chi connectivity index (χ1n) is 10.5. The summed E-state index contributed by atoms with van der Waals surface area (Å²) < 4.78 is 34.1. The van der Waals surface area contributed by atoms with E-state index in [1.54, 1.807) is 29.2 Å². The summed E-state index contributed by atoms with van der Waals surface area (Å²) in [6.07, 6.45) is 3.92. The topological polar surface area (TPSA) is 93.4 Å². The monoisotopic (exact) mass is 475 g/mol. The maximum atomic E-state index is 14.0. The zero-order valence-corrected chi connectivity index (χ0v) is 19.1. The number of aliphatic hydroxyl groups is 1. The van der Waals surface area contributed by atoms with Gasteiger partial charge >= 0.3 is 0 Å². The quantitative estimate of drug-likeness (QED) is 0.550. The van der Waals surface area contributed by atoms with E-state index in [0.717, 1.165) is 0 Å². The van der Waals surface area contributed by atoms with Gasteiger partial charge in [0.2, 0.25) is 5.88 Å². The van der Waals surface area contributed by atoms with Crippen LogP contribution in [0, 0.1) is 0 Å². The fourth-order valence-corrected chi connectivity index (χ4v) is 4.21.